The molecule has 13 heavy (non-hydrogen) atoms. The highest BCUT2D eigenvalue weighted by Gasteiger charge is 2.05. The van der Waals surface area contributed by atoms with Crippen LogP contribution in [0.25, 0.3) is 0 Å². The second kappa shape index (κ2) is 4.34. The van der Waals surface area contributed by atoms with Crippen LogP contribution in [0.15, 0.2) is 12.1 Å². The number of carbonyl (C=O) groups excluding carboxylic acids is 1. The predicted octanol–water partition coefficient (Wildman–Crippen LogP) is 1.55. The van der Waals surface area contributed by atoms with E-state index in [-0.39, 0.29) is 5.15 Å². The minimum Gasteiger partial charge on any atom is -0.481 e. The monoisotopic (exact) mass is 218 g/mol. The fraction of sp³-hybridized carbons (Fsp3) is 0.143. The van der Waals surface area contributed by atoms with E-state index >= 15 is 0 Å². The maximum Gasteiger partial charge on any atom is 0.224 e. The van der Waals surface area contributed by atoms with Crippen LogP contribution in [0.3, 0.4) is 0 Å². The molecule has 0 aromatic carbocycles. The van der Waals surface area contributed by atoms with Crippen LogP contribution >= 0.6 is 24.4 Å². The van der Waals surface area contributed by atoms with Gasteiger partial charge in [-0.05, 0) is 0 Å². The molecule has 1 aromatic heterocycles. The quantitative estimate of drug-likeness (QED) is 0.476. The van der Waals surface area contributed by atoms with Crippen LogP contribution in [0.5, 0.6) is 5.88 Å². The Bertz CT molecular complexity index is 321. The zero-order valence-electron chi connectivity index (χ0n) is 6.77. The van der Waals surface area contributed by atoms with Crippen LogP contribution in [0.4, 0.5) is 5.69 Å². The minimum atomic E-state index is 0.246. The first kappa shape index (κ1) is 10.1. The van der Waals surface area contributed by atoms with Gasteiger partial charge in [-0.15, -0.1) is 0 Å². The molecule has 0 saturated carbocycles. The smallest absolute Gasteiger partial charge is 0.224 e. The van der Waals surface area contributed by atoms with Crippen molar-refractivity contribution >= 4 is 36.5 Å². The molecule has 0 spiro atoms. The summed E-state index contributed by atoms with van der Waals surface area (Å²) in [4.78, 5) is 14.2. The van der Waals surface area contributed by atoms with Crippen LogP contribution in [-0.4, -0.2) is 18.5 Å². The highest BCUT2D eigenvalue weighted by Crippen LogP contribution is 2.23. The van der Waals surface area contributed by atoms with Gasteiger partial charge in [0.25, 0.3) is 0 Å². The number of thiol groups is 1. The molecule has 4 nitrogen and oxygen atoms in total. The number of amides is 1. The van der Waals surface area contributed by atoms with E-state index in [1.807, 2.05) is 0 Å². The third-order valence-corrected chi connectivity index (χ3v) is 1.85. The van der Waals surface area contributed by atoms with Crippen LogP contribution in [-0.2, 0) is 4.79 Å². The molecule has 1 amide bonds. The number of hydrogen-bond acceptors (Lipinski definition) is 4. The molecule has 6 heteroatoms. The van der Waals surface area contributed by atoms with Gasteiger partial charge in [-0.1, -0.05) is 24.4 Å². The van der Waals surface area contributed by atoms with E-state index in [1.54, 1.807) is 6.07 Å². The van der Waals surface area contributed by atoms with E-state index < -0.39 is 0 Å². The van der Waals surface area contributed by atoms with E-state index in [1.165, 1.54) is 13.2 Å². The Morgan fingerprint density at radius 2 is 2.38 bits per heavy atom. The largest absolute Gasteiger partial charge is 0.481 e. The summed E-state index contributed by atoms with van der Waals surface area (Å²) in [5, 5.41) is 0.246. The Hall–Kier alpha value is -0.940. The van der Waals surface area contributed by atoms with Gasteiger partial charge in [0.2, 0.25) is 12.3 Å². The van der Waals surface area contributed by atoms with Crippen molar-refractivity contribution in [3.05, 3.63) is 17.3 Å². The van der Waals surface area contributed by atoms with Crippen molar-refractivity contribution in [1.29, 1.82) is 0 Å². The molecule has 0 aliphatic carbocycles. The molecule has 0 N–H and O–H groups in total. The van der Waals surface area contributed by atoms with Crippen LogP contribution in [0.1, 0.15) is 0 Å². The second-order valence-electron chi connectivity index (χ2n) is 2.14. The first-order chi connectivity index (χ1) is 6.17. The van der Waals surface area contributed by atoms with E-state index in [4.69, 9.17) is 16.3 Å². The molecule has 0 bridgehead atoms. The van der Waals surface area contributed by atoms with Gasteiger partial charge >= 0.3 is 0 Å². The molecule has 1 heterocycles. The summed E-state index contributed by atoms with van der Waals surface area (Å²) in [6.07, 6.45) is 0.550. The number of hydrogen-bond donors (Lipinski definition) is 1. The Balaban J connectivity index is 3.07. The van der Waals surface area contributed by atoms with Gasteiger partial charge in [-0.25, -0.2) is 4.98 Å². The van der Waals surface area contributed by atoms with Crippen molar-refractivity contribution in [3.63, 3.8) is 0 Å². The maximum absolute atomic E-state index is 10.4. The lowest BCUT2D eigenvalue weighted by Crippen LogP contribution is -2.06. The fourth-order valence-corrected chi connectivity index (χ4v) is 1.07. The van der Waals surface area contributed by atoms with Crippen molar-refractivity contribution in [1.82, 2.24) is 4.98 Å². The van der Waals surface area contributed by atoms with E-state index in [9.17, 15) is 4.79 Å². The van der Waals surface area contributed by atoms with Crippen LogP contribution in [0, 0.1) is 0 Å². The number of halogens is 1. The van der Waals surface area contributed by atoms with Gasteiger partial charge in [0.05, 0.1) is 12.8 Å². The number of ether oxygens (including phenoxy) is 1. The van der Waals surface area contributed by atoms with Gasteiger partial charge in [0.15, 0.2) is 0 Å². The molecule has 0 saturated heterocycles. The fourth-order valence-electron chi connectivity index (χ4n) is 0.758. The predicted molar refractivity (Wildman–Crippen MR) is 53.3 cm³/mol. The standard InChI is InChI=1S/C7H7ClN2O2S/c1-12-7-3-5(10(13)4-11)2-6(8)9-7/h2-4,13H,1H3. The molecule has 0 aliphatic rings. The molecule has 70 valence electrons. The van der Waals surface area contributed by atoms with Crippen molar-refractivity contribution in [2.45, 2.75) is 0 Å². The third-order valence-electron chi connectivity index (χ3n) is 1.33. The number of anilines is 1. The SMILES string of the molecule is COc1cc(N(S)C=O)cc(Cl)n1. The Labute approximate surface area is 86.0 Å². The molecule has 0 unspecified atom stereocenters. The Morgan fingerprint density at radius 1 is 1.69 bits per heavy atom. The lowest BCUT2D eigenvalue weighted by molar-refractivity contribution is -0.106. The number of methoxy groups -OCH3 is 1. The van der Waals surface area contributed by atoms with Crippen molar-refractivity contribution in [3.8, 4) is 5.88 Å². The summed E-state index contributed by atoms with van der Waals surface area (Å²) < 4.78 is 5.94. The van der Waals surface area contributed by atoms with Gasteiger partial charge < -0.3 is 4.74 Å². The topological polar surface area (TPSA) is 42.4 Å². The average Bonchev–Trinajstić information content (AvgIpc) is 2.15. The first-order valence-electron chi connectivity index (χ1n) is 3.32. The first-order valence-corrected chi connectivity index (χ1v) is 4.10. The molecule has 1 aromatic rings. The number of aromatic nitrogens is 1. The van der Waals surface area contributed by atoms with Gasteiger partial charge in [0.1, 0.15) is 5.15 Å². The summed E-state index contributed by atoms with van der Waals surface area (Å²) >= 11 is 9.54. The summed E-state index contributed by atoms with van der Waals surface area (Å²) in [5.74, 6) is 0.336. The highest BCUT2D eigenvalue weighted by atomic mass is 35.5. The Morgan fingerprint density at radius 3 is 2.92 bits per heavy atom. The highest BCUT2D eigenvalue weighted by molar-refractivity contribution is 7.82. The van der Waals surface area contributed by atoms with Crippen molar-refractivity contribution in [2.75, 3.05) is 11.4 Å². The summed E-state index contributed by atoms with van der Waals surface area (Å²) in [6, 6.07) is 3.05. The lowest BCUT2D eigenvalue weighted by Gasteiger charge is -2.09. The summed E-state index contributed by atoms with van der Waals surface area (Å²) in [6.45, 7) is 0. The molecule has 0 radical (unpaired) electrons. The van der Waals surface area contributed by atoms with E-state index in [0.29, 0.717) is 18.0 Å². The Kier molecular flexibility index (Phi) is 3.39. The van der Waals surface area contributed by atoms with Crippen molar-refractivity contribution in [2.24, 2.45) is 0 Å². The molecular formula is C7H7ClN2O2S. The van der Waals surface area contributed by atoms with Gasteiger partial charge in [0, 0.05) is 12.1 Å². The number of nitrogens with zero attached hydrogens (tertiary/aromatic N) is 2. The normalized spacial score (nSPS) is 9.46. The zero-order valence-corrected chi connectivity index (χ0v) is 8.42. The van der Waals surface area contributed by atoms with E-state index in [2.05, 4.69) is 17.8 Å². The van der Waals surface area contributed by atoms with Crippen LogP contribution < -0.4 is 9.04 Å². The second-order valence-corrected chi connectivity index (χ2v) is 2.96. The van der Waals surface area contributed by atoms with Gasteiger partial charge in [-0.3, -0.25) is 9.10 Å². The number of rotatable bonds is 3. The minimum absolute atomic E-state index is 0.246. The van der Waals surface area contributed by atoms with Gasteiger partial charge in [-0.2, -0.15) is 0 Å². The lowest BCUT2D eigenvalue weighted by atomic mass is 10.4. The third kappa shape index (κ3) is 2.50. The molecule has 1 rings (SSSR count). The average molecular weight is 219 g/mol. The molecule has 0 aliphatic heterocycles. The maximum atomic E-state index is 10.4. The number of pyridine rings is 1. The molecular weight excluding hydrogens is 212 g/mol. The summed E-state index contributed by atoms with van der Waals surface area (Å²) in [5.41, 5.74) is 0.509. The number of carbonyl (C=O) groups is 1. The summed E-state index contributed by atoms with van der Waals surface area (Å²) in [7, 11) is 1.46. The van der Waals surface area contributed by atoms with E-state index in [0.717, 1.165) is 4.31 Å². The van der Waals surface area contributed by atoms with Crippen molar-refractivity contribution < 1.29 is 9.53 Å². The molecule has 0 fully saturated rings. The van der Waals surface area contributed by atoms with Crippen LogP contribution in [0.2, 0.25) is 5.15 Å². The zero-order chi connectivity index (χ0) is 9.84. The molecule has 0 atom stereocenters.